The molecule has 2 fully saturated rings. The van der Waals surface area contributed by atoms with Crippen LogP contribution in [0.3, 0.4) is 0 Å². The van der Waals surface area contributed by atoms with Crippen molar-refractivity contribution in [2.24, 2.45) is 28.8 Å². The number of alkyl halides is 2. The molecule has 228 valence electrons. The molecule has 5 rings (SSSR count). The minimum Gasteiger partial charge on any atom is -0.469 e. The van der Waals surface area contributed by atoms with Crippen LogP contribution in [-0.4, -0.2) is 66.3 Å². The number of hydrogen-bond acceptors (Lipinski definition) is 7. The van der Waals surface area contributed by atoms with Crippen LogP contribution in [0.5, 0.6) is 0 Å². The molecule has 2 aliphatic carbocycles. The van der Waals surface area contributed by atoms with Crippen molar-refractivity contribution in [3.8, 4) is 0 Å². The van der Waals surface area contributed by atoms with Crippen LogP contribution in [-0.2, 0) is 32.0 Å². The lowest BCUT2D eigenvalue weighted by Crippen LogP contribution is -2.52. The Bertz CT molecular complexity index is 1320. The number of nitrogens with two attached hydrogens (primary N) is 2. The molecule has 4 aliphatic rings. The first-order valence-electron chi connectivity index (χ1n) is 14.4. The monoisotopic (exact) mass is 605 g/mol. The van der Waals surface area contributed by atoms with Crippen molar-refractivity contribution < 1.29 is 27.9 Å². The molecular formula is C30H38ClF2N5O4. The Morgan fingerprint density at radius 2 is 1.90 bits per heavy atom. The number of halogens is 3. The van der Waals surface area contributed by atoms with E-state index in [1.807, 2.05) is 18.2 Å². The zero-order chi connectivity index (χ0) is 30.3. The van der Waals surface area contributed by atoms with E-state index in [-0.39, 0.29) is 35.8 Å². The van der Waals surface area contributed by atoms with Crippen LogP contribution in [0.25, 0.3) is 0 Å². The number of allylic oxidation sites excluding steroid dienone is 4. The van der Waals surface area contributed by atoms with Crippen molar-refractivity contribution in [2.75, 3.05) is 27.2 Å². The van der Waals surface area contributed by atoms with Crippen molar-refractivity contribution >= 4 is 29.4 Å². The van der Waals surface area contributed by atoms with E-state index in [4.69, 9.17) is 27.9 Å². The number of likely N-dealkylation sites (tertiary alicyclic amines) is 1. The topological polar surface area (TPSA) is 122 Å². The van der Waals surface area contributed by atoms with E-state index in [1.54, 1.807) is 15.9 Å². The zero-order valence-electron chi connectivity index (χ0n) is 24.0. The highest BCUT2D eigenvalue weighted by atomic mass is 35.5. The summed E-state index contributed by atoms with van der Waals surface area (Å²) in [6.07, 6.45) is 4.14. The first kappa shape index (κ1) is 30.3. The predicted octanol–water partition coefficient (Wildman–Crippen LogP) is 3.66. The van der Waals surface area contributed by atoms with Crippen LogP contribution >= 0.6 is 11.6 Å². The van der Waals surface area contributed by atoms with Crippen LogP contribution in [0, 0.1) is 17.3 Å². The second-order valence-corrected chi connectivity index (χ2v) is 12.4. The number of carbonyl (C=O) groups excluding carboxylic acids is 3. The van der Waals surface area contributed by atoms with Crippen molar-refractivity contribution in [1.82, 2.24) is 14.8 Å². The van der Waals surface area contributed by atoms with Crippen molar-refractivity contribution in [1.29, 1.82) is 0 Å². The number of hydrogen-bond donors (Lipinski definition) is 2. The number of fused-ring (bicyclic) bond motifs is 1. The van der Waals surface area contributed by atoms with Crippen LogP contribution in [0.4, 0.5) is 8.78 Å². The second kappa shape index (κ2) is 11.8. The summed E-state index contributed by atoms with van der Waals surface area (Å²) in [4.78, 5) is 44.0. The van der Waals surface area contributed by atoms with Gasteiger partial charge in [-0.1, -0.05) is 29.8 Å². The minimum absolute atomic E-state index is 0.0358. The van der Waals surface area contributed by atoms with Gasteiger partial charge in [-0.15, -0.1) is 0 Å². The van der Waals surface area contributed by atoms with E-state index in [0.717, 1.165) is 34.5 Å². The minimum atomic E-state index is -2.84. The lowest BCUT2D eigenvalue weighted by molar-refractivity contribution is -0.157. The Balaban J connectivity index is 1.56. The summed E-state index contributed by atoms with van der Waals surface area (Å²) in [7, 11) is 2.63. The normalized spacial score (nSPS) is 25.0. The standard InChI is InChI=1S/C30H38ClF2N5O4/c1-36(35)25(26(32)33)22(34)10-8-17-7-9-21(31)20-11-14-37(28(40)18-5-3-4-6-19(18)29(41)42-2)27(24(17)20)38-16-30(12-13-30)15-23(38)39/h3-4,7,9,18-19,26-27H,5-6,8,10-16,34-35H2,1-2H3/b25-22-. The lowest BCUT2D eigenvalue weighted by atomic mass is 9.81. The highest BCUT2D eigenvalue weighted by Crippen LogP contribution is 2.56. The van der Waals surface area contributed by atoms with E-state index < -0.39 is 36.1 Å². The zero-order valence-corrected chi connectivity index (χ0v) is 24.7. The quantitative estimate of drug-likeness (QED) is 0.201. The summed E-state index contributed by atoms with van der Waals surface area (Å²) in [5.41, 5.74) is 7.87. The molecule has 1 aromatic rings. The first-order valence-corrected chi connectivity index (χ1v) is 14.7. The van der Waals surface area contributed by atoms with Crippen molar-refractivity contribution in [2.45, 2.75) is 64.0 Å². The number of nitrogens with zero attached hydrogens (tertiary/aromatic N) is 3. The Morgan fingerprint density at radius 1 is 1.21 bits per heavy atom. The van der Waals surface area contributed by atoms with Gasteiger partial charge in [-0.3, -0.25) is 14.4 Å². The van der Waals surface area contributed by atoms with Gasteiger partial charge in [0, 0.05) is 42.8 Å². The first-order chi connectivity index (χ1) is 20.0. The van der Waals surface area contributed by atoms with E-state index in [2.05, 4.69) is 0 Å². The molecule has 1 spiro atoms. The molecule has 1 saturated carbocycles. The number of hydrazine groups is 1. The Morgan fingerprint density at radius 3 is 2.50 bits per heavy atom. The maximum Gasteiger partial charge on any atom is 0.309 e. The number of esters is 1. The molecule has 42 heavy (non-hydrogen) atoms. The molecule has 2 amide bonds. The largest absolute Gasteiger partial charge is 0.469 e. The molecular weight excluding hydrogens is 568 g/mol. The Kier molecular flexibility index (Phi) is 8.53. The van der Waals surface area contributed by atoms with Crippen LogP contribution < -0.4 is 11.6 Å². The summed E-state index contributed by atoms with van der Waals surface area (Å²) in [5, 5.41) is 1.35. The molecule has 3 unspecified atom stereocenters. The number of ether oxygens (including phenoxy) is 1. The highest BCUT2D eigenvalue weighted by molar-refractivity contribution is 6.31. The number of rotatable bonds is 8. The van der Waals surface area contributed by atoms with Crippen LogP contribution in [0.15, 0.2) is 35.7 Å². The van der Waals surface area contributed by atoms with E-state index >= 15 is 0 Å². The van der Waals surface area contributed by atoms with Gasteiger partial charge in [0.05, 0.1) is 18.9 Å². The van der Waals surface area contributed by atoms with Gasteiger partial charge in [-0.2, -0.15) is 0 Å². The van der Waals surface area contributed by atoms with Crippen LogP contribution in [0.2, 0.25) is 5.02 Å². The summed E-state index contributed by atoms with van der Waals surface area (Å²) in [6.45, 7) is 0.840. The lowest BCUT2D eigenvalue weighted by Gasteiger charge is -2.45. The number of methoxy groups -OCH3 is 1. The molecule has 2 heterocycles. The second-order valence-electron chi connectivity index (χ2n) is 12.0. The predicted molar refractivity (Wildman–Crippen MR) is 152 cm³/mol. The number of aryl methyl sites for hydroxylation is 1. The summed E-state index contributed by atoms with van der Waals surface area (Å²) >= 11 is 6.71. The van der Waals surface area contributed by atoms with Gasteiger partial charge < -0.3 is 25.3 Å². The van der Waals surface area contributed by atoms with Gasteiger partial charge in [0.1, 0.15) is 11.9 Å². The number of benzene rings is 1. The van der Waals surface area contributed by atoms with Gasteiger partial charge in [-0.05, 0) is 67.6 Å². The molecule has 1 saturated heterocycles. The molecule has 0 aromatic heterocycles. The third-order valence-corrected chi connectivity index (χ3v) is 9.62. The van der Waals surface area contributed by atoms with E-state index in [1.165, 1.54) is 14.2 Å². The highest BCUT2D eigenvalue weighted by Gasteiger charge is 2.55. The summed E-state index contributed by atoms with van der Waals surface area (Å²) in [5.74, 6) is 3.68. The number of carbonyl (C=O) groups is 3. The Hall–Kier alpha value is -3.18. The molecule has 9 nitrogen and oxygen atoms in total. The molecule has 12 heteroatoms. The molecule has 2 aliphatic heterocycles. The van der Waals surface area contributed by atoms with Crippen molar-refractivity contribution in [3.63, 3.8) is 0 Å². The van der Waals surface area contributed by atoms with E-state index in [0.29, 0.717) is 43.8 Å². The third-order valence-electron chi connectivity index (χ3n) is 9.27. The fraction of sp³-hybridized carbons (Fsp3) is 0.567. The fourth-order valence-corrected chi connectivity index (χ4v) is 7.10. The smallest absolute Gasteiger partial charge is 0.309 e. The van der Waals surface area contributed by atoms with Crippen LogP contribution in [0.1, 0.15) is 61.4 Å². The van der Waals surface area contributed by atoms with Gasteiger partial charge in [0.25, 0.3) is 6.43 Å². The third kappa shape index (κ3) is 5.60. The number of amides is 2. The Labute approximate surface area is 249 Å². The molecule has 3 atom stereocenters. The van der Waals surface area contributed by atoms with Gasteiger partial charge in [0.2, 0.25) is 11.8 Å². The summed E-state index contributed by atoms with van der Waals surface area (Å²) in [6, 6.07) is 3.58. The molecule has 0 radical (unpaired) electrons. The average Bonchev–Trinajstić information content (AvgIpc) is 3.63. The maximum atomic E-state index is 14.3. The summed E-state index contributed by atoms with van der Waals surface area (Å²) < 4.78 is 32.4. The van der Waals surface area contributed by atoms with Crippen molar-refractivity contribution in [3.05, 3.63) is 57.4 Å². The molecule has 1 aromatic carbocycles. The van der Waals surface area contributed by atoms with E-state index in [9.17, 15) is 23.2 Å². The molecule has 0 bridgehead atoms. The van der Waals surface area contributed by atoms with Gasteiger partial charge in [-0.25, -0.2) is 14.6 Å². The average molecular weight is 606 g/mol. The SMILES string of the molecule is COC(=O)C1CC=CCC1C(=O)N1CCc2c(Cl)ccc(CC/C(N)=C(\C(F)F)N(C)N)c2C1N1CC2(CC2)CC1=O. The maximum absolute atomic E-state index is 14.3. The van der Waals surface area contributed by atoms with Gasteiger partial charge in [0.15, 0.2) is 0 Å². The molecule has 4 N–H and O–H groups in total. The van der Waals surface area contributed by atoms with Gasteiger partial charge >= 0.3 is 5.97 Å². The fourth-order valence-electron chi connectivity index (χ4n) is 6.84.